The highest BCUT2D eigenvalue weighted by molar-refractivity contribution is 5.81. The predicted molar refractivity (Wildman–Crippen MR) is 53.0 cm³/mol. The fourth-order valence-electron chi connectivity index (χ4n) is 1.75. The zero-order valence-electron chi connectivity index (χ0n) is 8.66. The molecule has 0 aromatic rings. The number of nitrogens with zero attached hydrogens (tertiary/aromatic N) is 1. The summed E-state index contributed by atoms with van der Waals surface area (Å²) in [5.41, 5.74) is 0. The predicted octanol–water partition coefficient (Wildman–Crippen LogP) is -0.157. The zero-order chi connectivity index (χ0) is 9.97. The molecule has 0 bridgehead atoms. The summed E-state index contributed by atoms with van der Waals surface area (Å²) in [4.78, 5) is 13.6. The highest BCUT2D eigenvalue weighted by Crippen LogP contribution is 2.29. The van der Waals surface area contributed by atoms with Crippen LogP contribution in [0.4, 0.5) is 0 Å². The lowest BCUT2D eigenvalue weighted by Gasteiger charge is -2.27. The van der Waals surface area contributed by atoms with Crippen molar-refractivity contribution in [3.63, 3.8) is 0 Å². The SMILES string of the molecule is CN(CC1CC1)C(=O)C1CNCCO1. The molecule has 1 aliphatic heterocycles. The molecule has 80 valence electrons. The van der Waals surface area contributed by atoms with E-state index in [9.17, 15) is 4.79 Å². The molecule has 1 unspecified atom stereocenters. The zero-order valence-corrected chi connectivity index (χ0v) is 8.66. The van der Waals surface area contributed by atoms with Gasteiger partial charge in [0, 0.05) is 26.7 Å². The monoisotopic (exact) mass is 198 g/mol. The number of carbonyl (C=O) groups is 1. The Hall–Kier alpha value is -0.610. The number of morpholine rings is 1. The van der Waals surface area contributed by atoms with E-state index in [0.717, 1.165) is 19.0 Å². The summed E-state index contributed by atoms with van der Waals surface area (Å²) >= 11 is 0. The maximum absolute atomic E-state index is 11.8. The number of hydrogen-bond acceptors (Lipinski definition) is 3. The van der Waals surface area contributed by atoms with Crippen LogP contribution >= 0.6 is 0 Å². The fourth-order valence-corrected chi connectivity index (χ4v) is 1.75. The largest absolute Gasteiger partial charge is 0.366 e. The number of amides is 1. The van der Waals surface area contributed by atoms with Crippen molar-refractivity contribution in [2.75, 3.05) is 33.3 Å². The van der Waals surface area contributed by atoms with E-state index >= 15 is 0 Å². The minimum Gasteiger partial charge on any atom is -0.366 e. The van der Waals surface area contributed by atoms with Gasteiger partial charge in [-0.05, 0) is 18.8 Å². The van der Waals surface area contributed by atoms with Crippen LogP contribution in [0.5, 0.6) is 0 Å². The van der Waals surface area contributed by atoms with Crippen LogP contribution in [0.1, 0.15) is 12.8 Å². The highest BCUT2D eigenvalue weighted by Gasteiger charge is 2.29. The minimum atomic E-state index is -0.257. The normalized spacial score (nSPS) is 27.4. The fraction of sp³-hybridized carbons (Fsp3) is 0.900. The summed E-state index contributed by atoms with van der Waals surface area (Å²) in [7, 11) is 1.87. The summed E-state index contributed by atoms with van der Waals surface area (Å²) in [5.74, 6) is 0.879. The molecule has 1 saturated heterocycles. The summed E-state index contributed by atoms with van der Waals surface area (Å²) in [6.45, 7) is 3.07. The van der Waals surface area contributed by atoms with Crippen molar-refractivity contribution < 1.29 is 9.53 Å². The number of carbonyl (C=O) groups excluding carboxylic acids is 1. The molecule has 4 nitrogen and oxygen atoms in total. The Morgan fingerprint density at radius 2 is 2.36 bits per heavy atom. The van der Waals surface area contributed by atoms with Gasteiger partial charge in [-0.1, -0.05) is 0 Å². The quantitative estimate of drug-likeness (QED) is 0.685. The van der Waals surface area contributed by atoms with Crippen LogP contribution in [0.3, 0.4) is 0 Å². The molecule has 4 heteroatoms. The molecule has 1 N–H and O–H groups in total. The molecular weight excluding hydrogens is 180 g/mol. The third-order valence-corrected chi connectivity index (χ3v) is 2.81. The van der Waals surface area contributed by atoms with Crippen molar-refractivity contribution in [2.24, 2.45) is 5.92 Å². The molecule has 1 amide bonds. The van der Waals surface area contributed by atoms with E-state index < -0.39 is 0 Å². The minimum absolute atomic E-state index is 0.129. The van der Waals surface area contributed by atoms with Gasteiger partial charge in [0.25, 0.3) is 5.91 Å². The van der Waals surface area contributed by atoms with Crippen LogP contribution in [0.25, 0.3) is 0 Å². The van der Waals surface area contributed by atoms with E-state index in [2.05, 4.69) is 5.32 Å². The van der Waals surface area contributed by atoms with Crippen LogP contribution in [0.2, 0.25) is 0 Å². The van der Waals surface area contributed by atoms with Gasteiger partial charge in [0.15, 0.2) is 0 Å². The first-order chi connectivity index (χ1) is 6.77. The van der Waals surface area contributed by atoms with Crippen molar-refractivity contribution in [3.8, 4) is 0 Å². The van der Waals surface area contributed by atoms with Gasteiger partial charge in [-0.25, -0.2) is 0 Å². The van der Waals surface area contributed by atoms with Crippen molar-refractivity contribution in [2.45, 2.75) is 18.9 Å². The van der Waals surface area contributed by atoms with E-state index in [1.54, 1.807) is 0 Å². The standard InChI is InChI=1S/C10H18N2O2/c1-12(7-8-2-3-8)10(13)9-6-11-4-5-14-9/h8-9,11H,2-7H2,1H3. The lowest BCUT2D eigenvalue weighted by atomic mass is 10.2. The smallest absolute Gasteiger partial charge is 0.252 e. The van der Waals surface area contributed by atoms with Crippen molar-refractivity contribution in [1.29, 1.82) is 0 Å². The first-order valence-corrected chi connectivity index (χ1v) is 5.34. The number of nitrogens with one attached hydrogen (secondary N) is 1. The first kappa shape index (κ1) is 9.93. The summed E-state index contributed by atoms with van der Waals surface area (Å²) in [6, 6.07) is 0. The highest BCUT2D eigenvalue weighted by atomic mass is 16.5. The Morgan fingerprint density at radius 1 is 1.57 bits per heavy atom. The molecule has 0 aromatic carbocycles. The molecule has 2 fully saturated rings. The summed E-state index contributed by atoms with van der Waals surface area (Å²) in [5, 5.41) is 3.17. The van der Waals surface area contributed by atoms with E-state index in [1.807, 2.05) is 11.9 Å². The van der Waals surface area contributed by atoms with Crippen LogP contribution in [-0.2, 0) is 9.53 Å². The molecule has 0 radical (unpaired) electrons. The van der Waals surface area contributed by atoms with Gasteiger partial charge in [-0.15, -0.1) is 0 Å². The number of hydrogen-bond donors (Lipinski definition) is 1. The number of ether oxygens (including phenoxy) is 1. The molecular formula is C10H18N2O2. The van der Waals surface area contributed by atoms with E-state index in [0.29, 0.717) is 13.2 Å². The second-order valence-corrected chi connectivity index (χ2v) is 4.23. The molecule has 1 saturated carbocycles. The average Bonchev–Trinajstić information content (AvgIpc) is 3.02. The molecule has 14 heavy (non-hydrogen) atoms. The molecule has 2 rings (SSSR count). The molecule has 1 aliphatic carbocycles. The Balaban J connectivity index is 1.79. The van der Waals surface area contributed by atoms with Crippen molar-refractivity contribution in [1.82, 2.24) is 10.2 Å². The van der Waals surface area contributed by atoms with E-state index in [4.69, 9.17) is 4.74 Å². The van der Waals surface area contributed by atoms with Gasteiger partial charge in [0.1, 0.15) is 6.10 Å². The van der Waals surface area contributed by atoms with Crippen LogP contribution in [0.15, 0.2) is 0 Å². The lowest BCUT2D eigenvalue weighted by Crippen LogP contribution is -2.48. The van der Waals surface area contributed by atoms with Gasteiger partial charge >= 0.3 is 0 Å². The molecule has 0 aromatic heterocycles. The maximum Gasteiger partial charge on any atom is 0.252 e. The number of likely N-dealkylation sites (N-methyl/N-ethyl adjacent to an activating group) is 1. The second kappa shape index (κ2) is 4.28. The topological polar surface area (TPSA) is 41.6 Å². The third kappa shape index (κ3) is 2.45. The Labute approximate surface area is 84.6 Å². The maximum atomic E-state index is 11.8. The average molecular weight is 198 g/mol. The Kier molecular flexibility index (Phi) is 3.03. The number of rotatable bonds is 3. The van der Waals surface area contributed by atoms with Crippen LogP contribution in [0, 0.1) is 5.92 Å². The van der Waals surface area contributed by atoms with Gasteiger partial charge in [0.2, 0.25) is 0 Å². The summed E-state index contributed by atoms with van der Waals surface area (Å²) < 4.78 is 5.41. The Bertz CT molecular complexity index is 210. The van der Waals surface area contributed by atoms with E-state index in [1.165, 1.54) is 12.8 Å². The Morgan fingerprint density at radius 3 is 2.93 bits per heavy atom. The van der Waals surface area contributed by atoms with Gasteiger partial charge < -0.3 is 15.0 Å². The first-order valence-electron chi connectivity index (χ1n) is 5.34. The van der Waals surface area contributed by atoms with Gasteiger partial charge in [-0.3, -0.25) is 4.79 Å². The van der Waals surface area contributed by atoms with Crippen LogP contribution in [-0.4, -0.2) is 50.2 Å². The van der Waals surface area contributed by atoms with Crippen molar-refractivity contribution in [3.05, 3.63) is 0 Å². The second-order valence-electron chi connectivity index (χ2n) is 4.23. The molecule has 2 aliphatic rings. The van der Waals surface area contributed by atoms with Gasteiger partial charge in [-0.2, -0.15) is 0 Å². The third-order valence-electron chi connectivity index (χ3n) is 2.81. The molecule has 0 spiro atoms. The van der Waals surface area contributed by atoms with Crippen LogP contribution < -0.4 is 5.32 Å². The van der Waals surface area contributed by atoms with E-state index in [-0.39, 0.29) is 12.0 Å². The van der Waals surface area contributed by atoms with Crippen molar-refractivity contribution >= 4 is 5.91 Å². The van der Waals surface area contributed by atoms with Gasteiger partial charge in [0.05, 0.1) is 6.61 Å². The molecule has 1 atom stereocenters. The molecule has 1 heterocycles. The lowest BCUT2D eigenvalue weighted by molar-refractivity contribution is -0.144. The summed E-state index contributed by atoms with van der Waals surface area (Å²) in [6.07, 6.45) is 2.30.